The summed E-state index contributed by atoms with van der Waals surface area (Å²) >= 11 is 0. The van der Waals surface area contributed by atoms with Gasteiger partial charge in [-0.25, -0.2) is 0 Å². The van der Waals surface area contributed by atoms with Crippen molar-refractivity contribution in [1.82, 2.24) is 5.01 Å². The number of carbonyl (C=O) groups is 1. The maximum Gasteiger partial charge on any atom is 0.276 e. The molecule has 1 heterocycles. The van der Waals surface area contributed by atoms with Gasteiger partial charge in [0.25, 0.3) is 5.91 Å². The van der Waals surface area contributed by atoms with Crippen molar-refractivity contribution in [1.29, 1.82) is 0 Å². The van der Waals surface area contributed by atoms with Crippen LogP contribution < -0.4 is 0 Å². The molecule has 0 bridgehead atoms. The fourth-order valence-electron chi connectivity index (χ4n) is 2.89. The third-order valence-corrected chi connectivity index (χ3v) is 4.93. The molecule has 24 heavy (non-hydrogen) atoms. The summed E-state index contributed by atoms with van der Waals surface area (Å²) in [4.78, 5) is 12.9. The summed E-state index contributed by atoms with van der Waals surface area (Å²) in [5.41, 5.74) is 1.08. The maximum atomic E-state index is 12.9. The largest absolute Gasteiger partial charge is 0.368 e. The van der Waals surface area contributed by atoms with E-state index in [1.165, 1.54) is 5.01 Å². The number of nitrogens with zero attached hydrogens (tertiary/aromatic N) is 2. The van der Waals surface area contributed by atoms with Crippen molar-refractivity contribution >= 4 is 11.6 Å². The normalized spacial score (nSPS) is 22.4. The van der Waals surface area contributed by atoms with Crippen LogP contribution in [-0.4, -0.2) is 27.5 Å². The first-order chi connectivity index (χ1) is 11.2. The number of benzene rings is 2. The van der Waals surface area contributed by atoms with Crippen molar-refractivity contribution in [2.24, 2.45) is 10.5 Å². The number of hydrazone groups is 1. The summed E-state index contributed by atoms with van der Waals surface area (Å²) in [7, 11) is 0. The lowest BCUT2D eigenvalue weighted by molar-refractivity contribution is -0.109. The molecule has 0 radical (unpaired) electrons. The summed E-state index contributed by atoms with van der Waals surface area (Å²) in [6.07, 6.45) is 0. The molecule has 0 saturated heterocycles. The van der Waals surface area contributed by atoms with Crippen LogP contribution in [0.2, 0.25) is 0 Å². The SMILES string of the molecule is Cc1ccc(C(=O)N2N=C(c3ccccc3)C(C)(C)C2(C)O)cc1. The zero-order valence-electron chi connectivity index (χ0n) is 14.4. The van der Waals surface area contributed by atoms with Gasteiger partial charge >= 0.3 is 0 Å². The lowest BCUT2D eigenvalue weighted by Gasteiger charge is -2.38. The molecule has 1 unspecified atom stereocenters. The van der Waals surface area contributed by atoms with Crippen molar-refractivity contribution in [3.05, 3.63) is 71.3 Å². The smallest absolute Gasteiger partial charge is 0.276 e. The van der Waals surface area contributed by atoms with Crippen molar-refractivity contribution < 1.29 is 9.90 Å². The summed E-state index contributed by atoms with van der Waals surface area (Å²) in [5.74, 6) is -0.306. The highest BCUT2D eigenvalue weighted by atomic mass is 16.3. The van der Waals surface area contributed by atoms with E-state index in [9.17, 15) is 9.90 Å². The van der Waals surface area contributed by atoms with Gasteiger partial charge in [0.05, 0.1) is 11.1 Å². The van der Waals surface area contributed by atoms with Crippen molar-refractivity contribution in [2.45, 2.75) is 33.4 Å². The van der Waals surface area contributed by atoms with Crippen LogP contribution in [-0.2, 0) is 0 Å². The Bertz CT molecular complexity index is 790. The Morgan fingerprint density at radius 1 is 1.00 bits per heavy atom. The van der Waals surface area contributed by atoms with Crippen molar-refractivity contribution in [2.75, 3.05) is 0 Å². The molecule has 2 aromatic carbocycles. The zero-order valence-corrected chi connectivity index (χ0v) is 14.4. The Morgan fingerprint density at radius 2 is 1.58 bits per heavy atom. The quantitative estimate of drug-likeness (QED) is 0.918. The van der Waals surface area contributed by atoms with Gasteiger partial charge in [0.15, 0.2) is 5.72 Å². The average Bonchev–Trinajstić information content (AvgIpc) is 2.74. The Morgan fingerprint density at radius 3 is 2.17 bits per heavy atom. The van der Waals surface area contributed by atoms with E-state index < -0.39 is 11.1 Å². The number of aliphatic hydroxyl groups is 1. The van der Waals surface area contributed by atoms with Gasteiger partial charge in [-0.3, -0.25) is 4.79 Å². The molecular weight excluding hydrogens is 300 g/mol. The van der Waals surface area contributed by atoms with Crippen molar-refractivity contribution in [3.63, 3.8) is 0 Å². The first kappa shape index (κ1) is 16.4. The molecule has 0 aliphatic carbocycles. The fraction of sp³-hybridized carbons (Fsp3) is 0.300. The van der Waals surface area contributed by atoms with E-state index in [2.05, 4.69) is 5.10 Å². The van der Waals surface area contributed by atoms with E-state index in [1.807, 2.05) is 63.2 Å². The maximum absolute atomic E-state index is 12.9. The van der Waals surface area contributed by atoms with Gasteiger partial charge in [-0.15, -0.1) is 0 Å². The molecule has 1 aliphatic heterocycles. The number of carbonyl (C=O) groups excluding carboxylic acids is 1. The highest BCUT2D eigenvalue weighted by molar-refractivity contribution is 6.08. The minimum Gasteiger partial charge on any atom is -0.368 e. The van der Waals surface area contributed by atoms with E-state index >= 15 is 0 Å². The third kappa shape index (κ3) is 2.43. The van der Waals surface area contributed by atoms with Crippen LogP contribution in [0.1, 0.15) is 42.3 Å². The first-order valence-electron chi connectivity index (χ1n) is 8.03. The zero-order chi connectivity index (χ0) is 17.5. The highest BCUT2D eigenvalue weighted by Crippen LogP contribution is 2.43. The van der Waals surface area contributed by atoms with E-state index in [4.69, 9.17) is 0 Å². The molecule has 4 nitrogen and oxygen atoms in total. The number of hydrogen-bond donors (Lipinski definition) is 1. The summed E-state index contributed by atoms with van der Waals surface area (Å²) in [6, 6.07) is 16.9. The van der Waals surface area contributed by atoms with Crippen LogP contribution in [0.4, 0.5) is 0 Å². The summed E-state index contributed by atoms with van der Waals surface area (Å²) in [5, 5.41) is 16.8. The van der Waals surface area contributed by atoms with E-state index in [-0.39, 0.29) is 5.91 Å². The minimum atomic E-state index is -1.42. The van der Waals surface area contributed by atoms with E-state index in [0.29, 0.717) is 11.3 Å². The predicted octanol–water partition coefficient (Wildman–Crippen LogP) is 3.59. The van der Waals surface area contributed by atoms with Gasteiger partial charge in [0, 0.05) is 5.56 Å². The molecule has 124 valence electrons. The number of aryl methyl sites for hydroxylation is 1. The van der Waals surface area contributed by atoms with E-state index in [0.717, 1.165) is 11.1 Å². The third-order valence-electron chi connectivity index (χ3n) is 4.93. The highest BCUT2D eigenvalue weighted by Gasteiger charge is 2.55. The first-order valence-corrected chi connectivity index (χ1v) is 8.03. The molecule has 0 fully saturated rings. The Balaban J connectivity index is 2.05. The molecule has 4 heteroatoms. The molecule has 2 aromatic rings. The second-order valence-corrected chi connectivity index (χ2v) is 6.94. The van der Waals surface area contributed by atoms with Crippen LogP contribution in [0, 0.1) is 12.3 Å². The Kier molecular flexibility index (Phi) is 3.80. The number of amides is 1. The fourth-order valence-corrected chi connectivity index (χ4v) is 2.89. The minimum absolute atomic E-state index is 0.306. The topological polar surface area (TPSA) is 52.9 Å². The molecule has 1 atom stereocenters. The average molecular weight is 322 g/mol. The van der Waals surface area contributed by atoms with Gasteiger partial charge in [-0.2, -0.15) is 10.1 Å². The molecule has 1 N–H and O–H groups in total. The molecule has 0 saturated carbocycles. The van der Waals surface area contributed by atoms with Gasteiger partial charge < -0.3 is 5.11 Å². The van der Waals surface area contributed by atoms with Crippen LogP contribution in [0.15, 0.2) is 59.7 Å². The summed E-state index contributed by atoms with van der Waals surface area (Å²) in [6.45, 7) is 7.41. The molecule has 0 spiro atoms. The molecule has 3 rings (SSSR count). The monoisotopic (exact) mass is 322 g/mol. The molecule has 1 amide bonds. The van der Waals surface area contributed by atoms with Gasteiger partial charge in [-0.1, -0.05) is 48.0 Å². The molecule has 0 aromatic heterocycles. The van der Waals surface area contributed by atoms with Crippen LogP contribution >= 0.6 is 0 Å². The summed E-state index contributed by atoms with van der Waals surface area (Å²) < 4.78 is 0. The lowest BCUT2D eigenvalue weighted by atomic mass is 9.76. The molecular formula is C20H22N2O2. The second-order valence-electron chi connectivity index (χ2n) is 6.94. The van der Waals surface area contributed by atoms with Crippen LogP contribution in [0.25, 0.3) is 0 Å². The Labute approximate surface area is 142 Å². The standard InChI is InChI=1S/C20H22N2O2/c1-14-10-12-16(13-11-14)18(23)22-20(4,24)19(2,3)17(21-22)15-8-6-5-7-9-15/h5-13,24H,1-4H3. The van der Waals surface area contributed by atoms with Gasteiger partial charge in [0.2, 0.25) is 0 Å². The van der Waals surface area contributed by atoms with Gasteiger partial charge in [0.1, 0.15) is 0 Å². The number of rotatable bonds is 2. The lowest BCUT2D eigenvalue weighted by Crippen LogP contribution is -2.53. The van der Waals surface area contributed by atoms with Crippen LogP contribution in [0.5, 0.6) is 0 Å². The molecule has 1 aliphatic rings. The van der Waals surface area contributed by atoms with Crippen molar-refractivity contribution in [3.8, 4) is 0 Å². The van der Waals surface area contributed by atoms with Crippen LogP contribution in [0.3, 0.4) is 0 Å². The van der Waals surface area contributed by atoms with E-state index in [1.54, 1.807) is 19.1 Å². The predicted molar refractivity (Wildman–Crippen MR) is 94.7 cm³/mol. The van der Waals surface area contributed by atoms with Gasteiger partial charge in [-0.05, 0) is 45.4 Å². The second kappa shape index (κ2) is 5.56. The number of hydrogen-bond acceptors (Lipinski definition) is 3. The Hall–Kier alpha value is -2.46.